The Morgan fingerprint density at radius 2 is 1.73 bits per heavy atom. The molecule has 0 spiro atoms. The van der Waals surface area contributed by atoms with E-state index in [1.807, 2.05) is 23.6 Å². The molecule has 0 saturated carbocycles. The van der Waals surface area contributed by atoms with E-state index in [0.29, 0.717) is 16.6 Å². The number of benzene rings is 2. The number of carbonyl (C=O) groups is 2. The highest BCUT2D eigenvalue weighted by Gasteiger charge is 2.47. The van der Waals surface area contributed by atoms with Gasteiger partial charge in [-0.25, -0.2) is 13.3 Å². The number of anilines is 1. The molecule has 3 aromatic rings. The molecule has 1 unspecified atom stereocenters. The molecule has 1 aromatic heterocycles. The van der Waals surface area contributed by atoms with E-state index in [2.05, 4.69) is 13.8 Å². The van der Waals surface area contributed by atoms with Crippen LogP contribution in [0.2, 0.25) is 5.02 Å². The van der Waals surface area contributed by atoms with Gasteiger partial charge in [0.25, 0.3) is 5.91 Å². The molecule has 0 aliphatic carbocycles. The number of amides is 2. The van der Waals surface area contributed by atoms with Gasteiger partial charge in [-0.3, -0.25) is 9.59 Å². The summed E-state index contributed by atoms with van der Waals surface area (Å²) in [5.41, 5.74) is 1.52. The lowest BCUT2D eigenvalue weighted by Crippen LogP contribution is -2.44. The van der Waals surface area contributed by atoms with Gasteiger partial charge in [0.15, 0.2) is 0 Å². The van der Waals surface area contributed by atoms with Gasteiger partial charge in [0.1, 0.15) is 6.04 Å². The van der Waals surface area contributed by atoms with Crippen LogP contribution < -0.4 is 4.90 Å². The summed E-state index contributed by atoms with van der Waals surface area (Å²) in [4.78, 5) is 28.2. The predicted octanol–water partition coefficient (Wildman–Crippen LogP) is 5.05. The molecule has 2 heterocycles. The molecule has 1 fully saturated rings. The first-order valence-electron chi connectivity index (χ1n) is 10.4. The number of rotatable bonds is 7. The Bertz CT molecular complexity index is 1250. The van der Waals surface area contributed by atoms with Crippen molar-refractivity contribution in [3.8, 4) is 0 Å². The van der Waals surface area contributed by atoms with Crippen LogP contribution in [-0.4, -0.2) is 30.6 Å². The van der Waals surface area contributed by atoms with E-state index < -0.39 is 27.9 Å². The molecule has 172 valence electrons. The Kier molecular flexibility index (Phi) is 6.72. The molecule has 0 bridgehead atoms. The second-order valence-electron chi connectivity index (χ2n) is 8.12. The van der Waals surface area contributed by atoms with Crippen molar-refractivity contribution in [1.29, 1.82) is 0 Å². The minimum absolute atomic E-state index is 0.00750. The van der Waals surface area contributed by atoms with Crippen molar-refractivity contribution in [3.63, 3.8) is 0 Å². The van der Waals surface area contributed by atoms with E-state index in [1.165, 1.54) is 35.6 Å². The van der Waals surface area contributed by atoms with Gasteiger partial charge in [0.05, 0.1) is 17.0 Å². The Labute approximate surface area is 202 Å². The van der Waals surface area contributed by atoms with Gasteiger partial charge in [-0.1, -0.05) is 43.6 Å². The van der Waals surface area contributed by atoms with Gasteiger partial charge >= 0.3 is 0 Å². The molecule has 9 heteroatoms. The zero-order valence-electron chi connectivity index (χ0n) is 18.1. The van der Waals surface area contributed by atoms with E-state index in [4.69, 9.17) is 11.6 Å². The number of imide groups is 1. The van der Waals surface area contributed by atoms with Gasteiger partial charge in [-0.2, -0.15) is 4.31 Å². The average Bonchev–Trinajstić information content (AvgIpc) is 3.39. The first-order valence-corrected chi connectivity index (χ1v) is 13.1. The predicted molar refractivity (Wildman–Crippen MR) is 130 cm³/mol. The van der Waals surface area contributed by atoms with Crippen molar-refractivity contribution < 1.29 is 18.0 Å². The minimum atomic E-state index is -4.08. The first-order chi connectivity index (χ1) is 15.7. The van der Waals surface area contributed by atoms with Crippen molar-refractivity contribution in [2.45, 2.75) is 43.7 Å². The van der Waals surface area contributed by atoms with Crippen LogP contribution in [0.5, 0.6) is 0 Å². The second kappa shape index (κ2) is 9.38. The van der Waals surface area contributed by atoms with Crippen molar-refractivity contribution in [1.82, 2.24) is 4.31 Å². The molecular formula is C24H23ClN2O4S2. The number of nitrogens with zero attached hydrogens (tertiary/aromatic N) is 2. The van der Waals surface area contributed by atoms with Crippen molar-refractivity contribution in [3.05, 3.63) is 81.5 Å². The fourth-order valence-electron chi connectivity index (χ4n) is 3.78. The molecule has 1 aliphatic rings. The topological polar surface area (TPSA) is 74.8 Å². The third-order valence-electron chi connectivity index (χ3n) is 5.60. The van der Waals surface area contributed by atoms with E-state index in [1.54, 1.807) is 18.2 Å². The van der Waals surface area contributed by atoms with E-state index in [9.17, 15) is 18.0 Å². The average molecular weight is 503 g/mol. The largest absolute Gasteiger partial charge is 0.274 e. The van der Waals surface area contributed by atoms with Crippen LogP contribution >= 0.6 is 22.9 Å². The number of halogens is 1. The van der Waals surface area contributed by atoms with Crippen molar-refractivity contribution in [2.24, 2.45) is 0 Å². The first kappa shape index (κ1) is 23.6. The van der Waals surface area contributed by atoms with Crippen molar-refractivity contribution >= 4 is 50.5 Å². The van der Waals surface area contributed by atoms with Crippen LogP contribution in [0.1, 0.15) is 36.6 Å². The number of thiophene rings is 1. The van der Waals surface area contributed by atoms with Crippen molar-refractivity contribution in [2.75, 3.05) is 4.90 Å². The van der Waals surface area contributed by atoms with Crippen LogP contribution in [0, 0.1) is 0 Å². The third-order valence-corrected chi connectivity index (χ3v) is 8.58. The zero-order chi connectivity index (χ0) is 23.8. The van der Waals surface area contributed by atoms with E-state index >= 15 is 0 Å². The maximum Gasteiger partial charge on any atom is 0.252 e. The maximum atomic E-state index is 13.6. The summed E-state index contributed by atoms with van der Waals surface area (Å²) in [5.74, 6) is -0.668. The molecular weight excluding hydrogens is 480 g/mol. The normalized spacial score (nSPS) is 16.9. The fourth-order valence-corrected chi connectivity index (χ4v) is 6.25. The van der Waals surface area contributed by atoms with Gasteiger partial charge in [-0.15, -0.1) is 11.3 Å². The SMILES string of the molecule is CC(C)c1ccc(N2C(=O)CC(N(Cc3cccs3)S(=O)(=O)c3ccc(Cl)cc3)C2=O)cc1. The maximum absolute atomic E-state index is 13.6. The van der Waals surface area contributed by atoms with E-state index in [0.717, 1.165) is 19.6 Å². The number of sulfonamides is 1. The summed E-state index contributed by atoms with van der Waals surface area (Å²) >= 11 is 7.32. The lowest BCUT2D eigenvalue weighted by molar-refractivity contribution is -0.122. The van der Waals surface area contributed by atoms with Crippen LogP contribution in [0.3, 0.4) is 0 Å². The van der Waals surface area contributed by atoms with Crippen LogP contribution in [-0.2, 0) is 26.2 Å². The van der Waals surface area contributed by atoms with Gasteiger partial charge in [-0.05, 0) is 59.3 Å². The fraction of sp³-hybridized carbons (Fsp3) is 0.250. The number of carbonyl (C=O) groups excluding carboxylic acids is 2. The van der Waals surface area contributed by atoms with E-state index in [-0.39, 0.29) is 17.9 Å². The summed E-state index contributed by atoms with van der Waals surface area (Å²) in [7, 11) is -4.08. The monoisotopic (exact) mass is 502 g/mol. The highest BCUT2D eigenvalue weighted by atomic mass is 35.5. The zero-order valence-corrected chi connectivity index (χ0v) is 20.5. The molecule has 2 aromatic carbocycles. The summed E-state index contributed by atoms with van der Waals surface area (Å²) in [6.07, 6.45) is -0.219. The second-order valence-corrected chi connectivity index (χ2v) is 11.5. The third kappa shape index (κ3) is 4.75. The Morgan fingerprint density at radius 3 is 2.30 bits per heavy atom. The summed E-state index contributed by atoms with van der Waals surface area (Å²) in [6.45, 7) is 4.11. The Hall–Kier alpha value is -2.52. The highest BCUT2D eigenvalue weighted by Crippen LogP contribution is 2.32. The molecule has 0 radical (unpaired) electrons. The molecule has 33 heavy (non-hydrogen) atoms. The van der Waals surface area contributed by atoms with Crippen LogP contribution in [0.15, 0.2) is 70.9 Å². The molecule has 1 saturated heterocycles. The van der Waals surface area contributed by atoms with Gasteiger partial charge < -0.3 is 0 Å². The molecule has 1 aliphatic heterocycles. The van der Waals surface area contributed by atoms with Crippen LogP contribution in [0.4, 0.5) is 5.69 Å². The molecule has 0 N–H and O–H groups in total. The smallest absolute Gasteiger partial charge is 0.252 e. The van der Waals surface area contributed by atoms with Gasteiger partial charge in [0, 0.05) is 16.4 Å². The lowest BCUT2D eigenvalue weighted by atomic mass is 10.0. The summed E-state index contributed by atoms with van der Waals surface area (Å²) < 4.78 is 28.3. The summed E-state index contributed by atoms with van der Waals surface area (Å²) in [6, 6.07) is 15.5. The lowest BCUT2D eigenvalue weighted by Gasteiger charge is -2.26. The Morgan fingerprint density at radius 1 is 1.06 bits per heavy atom. The number of hydrogen-bond acceptors (Lipinski definition) is 5. The quantitative estimate of drug-likeness (QED) is 0.424. The van der Waals surface area contributed by atoms with Crippen LogP contribution in [0.25, 0.3) is 0 Å². The Balaban J connectivity index is 1.70. The molecule has 4 rings (SSSR count). The molecule has 6 nitrogen and oxygen atoms in total. The number of hydrogen-bond donors (Lipinski definition) is 0. The highest BCUT2D eigenvalue weighted by molar-refractivity contribution is 7.89. The molecule has 1 atom stereocenters. The standard InChI is InChI=1S/C24H23ClN2O4S2/c1-16(2)17-5-9-19(10-6-17)27-23(28)14-22(24(27)29)26(15-20-4-3-13-32-20)33(30,31)21-11-7-18(25)8-12-21/h3-13,16,22H,14-15H2,1-2H3. The minimum Gasteiger partial charge on any atom is -0.274 e. The summed E-state index contributed by atoms with van der Waals surface area (Å²) in [5, 5.41) is 2.24. The molecule has 2 amide bonds. The van der Waals surface area contributed by atoms with Gasteiger partial charge in [0.2, 0.25) is 15.9 Å².